The first-order valence-electron chi connectivity index (χ1n) is 5.69. The number of hydrogen-bond donors (Lipinski definition) is 0. The van der Waals surface area contributed by atoms with Gasteiger partial charge in [0, 0.05) is 16.3 Å². The van der Waals surface area contributed by atoms with E-state index in [-0.39, 0.29) is 5.82 Å². The van der Waals surface area contributed by atoms with Gasteiger partial charge in [-0.1, -0.05) is 28.4 Å². The van der Waals surface area contributed by atoms with Gasteiger partial charge in [0.2, 0.25) is 0 Å². The number of allylic oxidation sites excluding steroid dienone is 1. The standard InChI is InChI=1S/C14H13BrFNS/c1-2-10(8-15)7-13-9-18-14(17-13)11-3-5-12(16)6-4-11/h3-7,9H,2,8H2,1H3. The molecule has 0 spiro atoms. The van der Waals surface area contributed by atoms with Crippen LogP contribution in [-0.2, 0) is 0 Å². The maximum Gasteiger partial charge on any atom is 0.124 e. The first kappa shape index (κ1) is 13.4. The molecule has 1 nitrogen and oxygen atoms in total. The summed E-state index contributed by atoms with van der Waals surface area (Å²) >= 11 is 5.04. The molecule has 0 saturated carbocycles. The summed E-state index contributed by atoms with van der Waals surface area (Å²) in [6.45, 7) is 2.13. The minimum absolute atomic E-state index is 0.219. The molecule has 0 atom stereocenters. The number of thiazole rings is 1. The molecule has 0 aliphatic heterocycles. The molecule has 18 heavy (non-hydrogen) atoms. The third-order valence-corrected chi connectivity index (χ3v) is 4.22. The average Bonchev–Trinajstić information content (AvgIpc) is 2.85. The fourth-order valence-corrected chi connectivity index (χ4v) is 2.86. The minimum atomic E-state index is -0.219. The first-order chi connectivity index (χ1) is 8.72. The van der Waals surface area contributed by atoms with Crippen molar-refractivity contribution >= 4 is 33.3 Å². The van der Waals surface area contributed by atoms with Gasteiger partial charge in [-0.25, -0.2) is 9.37 Å². The Kier molecular flexibility index (Phi) is 4.66. The topological polar surface area (TPSA) is 12.9 Å². The summed E-state index contributed by atoms with van der Waals surface area (Å²) < 4.78 is 12.8. The van der Waals surface area contributed by atoms with Crippen LogP contribution >= 0.6 is 27.3 Å². The molecule has 94 valence electrons. The fraction of sp³-hybridized carbons (Fsp3) is 0.214. The van der Waals surface area contributed by atoms with Gasteiger partial charge in [-0.3, -0.25) is 0 Å². The Hall–Kier alpha value is -1.000. The molecule has 2 rings (SSSR count). The molecular formula is C14H13BrFNS. The molecule has 0 aliphatic carbocycles. The summed E-state index contributed by atoms with van der Waals surface area (Å²) in [5, 5.41) is 3.82. The largest absolute Gasteiger partial charge is 0.237 e. The molecule has 0 fully saturated rings. The Morgan fingerprint density at radius 3 is 2.72 bits per heavy atom. The van der Waals surface area contributed by atoms with Crippen LogP contribution in [0.3, 0.4) is 0 Å². The number of aromatic nitrogens is 1. The van der Waals surface area contributed by atoms with E-state index in [1.807, 2.05) is 5.38 Å². The molecule has 4 heteroatoms. The molecule has 0 aliphatic rings. The van der Waals surface area contributed by atoms with Gasteiger partial charge in [-0.15, -0.1) is 11.3 Å². The van der Waals surface area contributed by atoms with Crippen LogP contribution in [0.25, 0.3) is 16.6 Å². The van der Waals surface area contributed by atoms with Crippen LogP contribution < -0.4 is 0 Å². The predicted octanol–water partition coefficient (Wildman–Crippen LogP) is 5.14. The molecule has 2 aromatic rings. The van der Waals surface area contributed by atoms with E-state index in [1.165, 1.54) is 17.7 Å². The van der Waals surface area contributed by atoms with E-state index in [0.717, 1.165) is 28.0 Å². The number of alkyl halides is 1. The lowest BCUT2D eigenvalue weighted by molar-refractivity contribution is 0.628. The smallest absolute Gasteiger partial charge is 0.124 e. The van der Waals surface area contributed by atoms with E-state index < -0.39 is 0 Å². The molecule has 1 heterocycles. The van der Waals surface area contributed by atoms with E-state index in [0.29, 0.717) is 0 Å². The highest BCUT2D eigenvalue weighted by molar-refractivity contribution is 9.09. The van der Waals surface area contributed by atoms with Crippen molar-refractivity contribution in [3.8, 4) is 10.6 Å². The lowest BCUT2D eigenvalue weighted by Crippen LogP contribution is -1.83. The third kappa shape index (κ3) is 3.27. The number of halogens is 2. The van der Waals surface area contributed by atoms with Gasteiger partial charge >= 0.3 is 0 Å². The summed E-state index contributed by atoms with van der Waals surface area (Å²) in [5.41, 5.74) is 3.24. The molecular weight excluding hydrogens is 313 g/mol. The van der Waals surface area contributed by atoms with Crippen molar-refractivity contribution in [2.75, 3.05) is 5.33 Å². The van der Waals surface area contributed by atoms with Crippen molar-refractivity contribution in [3.63, 3.8) is 0 Å². The van der Waals surface area contributed by atoms with Gasteiger partial charge in [0.1, 0.15) is 10.8 Å². The molecule has 0 N–H and O–H groups in total. The SMILES string of the molecule is CCC(=Cc1csc(-c2ccc(F)cc2)n1)CBr. The molecule has 0 amide bonds. The van der Waals surface area contributed by atoms with Crippen molar-refractivity contribution in [1.82, 2.24) is 4.98 Å². The first-order valence-corrected chi connectivity index (χ1v) is 7.70. The summed E-state index contributed by atoms with van der Waals surface area (Å²) in [6, 6.07) is 6.43. The zero-order chi connectivity index (χ0) is 13.0. The van der Waals surface area contributed by atoms with Gasteiger partial charge < -0.3 is 0 Å². The predicted molar refractivity (Wildman–Crippen MR) is 79.6 cm³/mol. The summed E-state index contributed by atoms with van der Waals surface area (Å²) in [7, 11) is 0. The maximum absolute atomic E-state index is 12.8. The molecule has 0 radical (unpaired) electrons. The fourth-order valence-electron chi connectivity index (χ4n) is 1.52. The van der Waals surface area contributed by atoms with E-state index in [1.54, 1.807) is 23.5 Å². The van der Waals surface area contributed by atoms with Crippen LogP contribution in [0.4, 0.5) is 4.39 Å². The van der Waals surface area contributed by atoms with E-state index in [4.69, 9.17) is 0 Å². The van der Waals surface area contributed by atoms with Crippen molar-refractivity contribution < 1.29 is 4.39 Å². The summed E-state index contributed by atoms with van der Waals surface area (Å²) in [4.78, 5) is 4.54. The minimum Gasteiger partial charge on any atom is -0.237 e. The summed E-state index contributed by atoms with van der Waals surface area (Å²) in [6.07, 6.45) is 3.10. The van der Waals surface area contributed by atoms with Crippen LogP contribution in [-0.4, -0.2) is 10.3 Å². The number of nitrogens with zero attached hydrogens (tertiary/aromatic N) is 1. The Balaban J connectivity index is 2.25. The van der Waals surface area contributed by atoms with Gasteiger partial charge in [0.25, 0.3) is 0 Å². The molecule has 0 saturated heterocycles. The van der Waals surface area contributed by atoms with Gasteiger partial charge in [-0.05, 0) is 36.8 Å². The average molecular weight is 326 g/mol. The van der Waals surface area contributed by atoms with Crippen molar-refractivity contribution in [2.24, 2.45) is 0 Å². The highest BCUT2D eigenvalue weighted by Gasteiger charge is 2.04. The molecule has 0 bridgehead atoms. The van der Waals surface area contributed by atoms with Crippen molar-refractivity contribution in [3.05, 3.63) is 46.7 Å². The summed E-state index contributed by atoms with van der Waals surface area (Å²) in [5.74, 6) is -0.219. The molecule has 0 unspecified atom stereocenters. The zero-order valence-corrected chi connectivity index (χ0v) is 12.4. The Bertz CT molecular complexity index is 539. The monoisotopic (exact) mass is 325 g/mol. The van der Waals surface area contributed by atoms with E-state index in [2.05, 4.69) is 33.9 Å². The lowest BCUT2D eigenvalue weighted by Gasteiger charge is -1.97. The maximum atomic E-state index is 12.8. The van der Waals surface area contributed by atoms with Crippen molar-refractivity contribution in [2.45, 2.75) is 13.3 Å². The molecule has 1 aromatic carbocycles. The highest BCUT2D eigenvalue weighted by Crippen LogP contribution is 2.25. The Morgan fingerprint density at radius 2 is 2.11 bits per heavy atom. The van der Waals surface area contributed by atoms with Crippen LogP contribution in [0.1, 0.15) is 19.0 Å². The zero-order valence-electron chi connectivity index (χ0n) is 9.99. The number of benzene rings is 1. The Morgan fingerprint density at radius 1 is 1.39 bits per heavy atom. The van der Waals surface area contributed by atoms with Crippen LogP contribution in [0.2, 0.25) is 0 Å². The Labute approximate surface area is 119 Å². The van der Waals surface area contributed by atoms with E-state index >= 15 is 0 Å². The van der Waals surface area contributed by atoms with Crippen molar-refractivity contribution in [1.29, 1.82) is 0 Å². The molecule has 1 aromatic heterocycles. The third-order valence-electron chi connectivity index (χ3n) is 2.59. The van der Waals surface area contributed by atoms with E-state index in [9.17, 15) is 4.39 Å². The number of hydrogen-bond acceptors (Lipinski definition) is 2. The lowest BCUT2D eigenvalue weighted by atomic mass is 10.2. The normalized spacial score (nSPS) is 11.8. The second kappa shape index (κ2) is 6.25. The highest BCUT2D eigenvalue weighted by atomic mass is 79.9. The quantitative estimate of drug-likeness (QED) is 0.709. The van der Waals surface area contributed by atoms with Crippen LogP contribution in [0, 0.1) is 5.82 Å². The van der Waals surface area contributed by atoms with Crippen LogP contribution in [0.15, 0.2) is 35.2 Å². The van der Waals surface area contributed by atoms with Gasteiger partial charge in [0.05, 0.1) is 5.69 Å². The van der Waals surface area contributed by atoms with Gasteiger partial charge in [-0.2, -0.15) is 0 Å². The second-order valence-electron chi connectivity index (χ2n) is 3.87. The second-order valence-corrected chi connectivity index (χ2v) is 5.29. The van der Waals surface area contributed by atoms with Gasteiger partial charge in [0.15, 0.2) is 0 Å². The number of rotatable bonds is 4. The van der Waals surface area contributed by atoms with Crippen LogP contribution in [0.5, 0.6) is 0 Å².